The summed E-state index contributed by atoms with van der Waals surface area (Å²) in [5.41, 5.74) is 0. The van der Waals surface area contributed by atoms with Gasteiger partial charge >= 0.3 is 0 Å². The lowest BCUT2D eigenvalue weighted by Gasteiger charge is -2.11. The summed E-state index contributed by atoms with van der Waals surface area (Å²) < 4.78 is 38.1. The second-order valence-corrected chi connectivity index (χ2v) is 5.73. The summed E-state index contributed by atoms with van der Waals surface area (Å²) in [6, 6.07) is 6.94. The van der Waals surface area contributed by atoms with Gasteiger partial charge in [-0.05, 0) is 38.1 Å². The molecule has 0 heterocycles. The third kappa shape index (κ3) is 6.42. The predicted molar refractivity (Wildman–Crippen MR) is 73.7 cm³/mol. The maximum Gasteiger partial charge on any atom is 0.277 e. The molecule has 1 aromatic rings. The van der Waals surface area contributed by atoms with Crippen molar-refractivity contribution in [1.29, 1.82) is 0 Å². The summed E-state index contributed by atoms with van der Waals surface area (Å²) in [6.45, 7) is 3.97. The number of hydrogen-bond acceptors (Lipinski definition) is 4. The maximum atomic E-state index is 11.4. The first-order valence-corrected chi connectivity index (χ1v) is 7.45. The molecule has 0 spiro atoms. The zero-order valence-electron chi connectivity index (χ0n) is 11.3. The monoisotopic (exact) mass is 288 g/mol. The van der Waals surface area contributed by atoms with Crippen LogP contribution in [0, 0.1) is 0 Å². The van der Waals surface area contributed by atoms with E-state index in [9.17, 15) is 8.42 Å². The average Bonchev–Trinajstić information content (AvgIpc) is 2.34. The van der Waals surface area contributed by atoms with E-state index in [4.69, 9.17) is 9.47 Å². The second-order valence-electron chi connectivity index (χ2n) is 4.19. The van der Waals surface area contributed by atoms with Gasteiger partial charge in [0.05, 0.1) is 7.11 Å². The van der Waals surface area contributed by atoms with Crippen molar-refractivity contribution in [1.82, 2.24) is 9.44 Å². The molecule has 0 aliphatic heterocycles. The van der Waals surface area contributed by atoms with Gasteiger partial charge in [0.1, 0.15) is 18.1 Å². The molecule has 1 rings (SSSR count). The van der Waals surface area contributed by atoms with Crippen LogP contribution < -0.4 is 18.9 Å². The van der Waals surface area contributed by atoms with Gasteiger partial charge in [-0.2, -0.15) is 17.9 Å². The molecule has 0 amide bonds. The van der Waals surface area contributed by atoms with E-state index in [-0.39, 0.29) is 19.2 Å². The van der Waals surface area contributed by atoms with Crippen molar-refractivity contribution in [3.63, 3.8) is 0 Å². The van der Waals surface area contributed by atoms with Gasteiger partial charge in [0.2, 0.25) is 0 Å². The lowest BCUT2D eigenvalue weighted by molar-refractivity contribution is 0.321. The SMILES string of the molecule is COc1ccc(OCCNS(=O)(=O)NC(C)C)cc1. The number of rotatable bonds is 8. The summed E-state index contributed by atoms with van der Waals surface area (Å²) >= 11 is 0. The fourth-order valence-electron chi connectivity index (χ4n) is 1.37. The average molecular weight is 288 g/mol. The van der Waals surface area contributed by atoms with Crippen molar-refractivity contribution in [2.75, 3.05) is 20.3 Å². The van der Waals surface area contributed by atoms with Gasteiger partial charge in [-0.3, -0.25) is 0 Å². The predicted octanol–water partition coefficient (Wildman–Crippen LogP) is 0.906. The molecule has 1 aromatic carbocycles. The lowest BCUT2D eigenvalue weighted by atomic mass is 10.3. The van der Waals surface area contributed by atoms with E-state index in [0.717, 1.165) is 5.75 Å². The van der Waals surface area contributed by atoms with E-state index in [1.807, 2.05) is 0 Å². The molecule has 0 radical (unpaired) electrons. The van der Waals surface area contributed by atoms with Gasteiger partial charge in [-0.15, -0.1) is 0 Å². The molecule has 108 valence electrons. The van der Waals surface area contributed by atoms with Gasteiger partial charge in [-0.25, -0.2) is 0 Å². The summed E-state index contributed by atoms with van der Waals surface area (Å²) in [5, 5.41) is 0. The first-order valence-electron chi connectivity index (χ1n) is 5.97. The number of methoxy groups -OCH3 is 1. The smallest absolute Gasteiger partial charge is 0.277 e. The molecule has 0 aliphatic carbocycles. The van der Waals surface area contributed by atoms with Crippen LogP contribution in [-0.4, -0.2) is 34.7 Å². The summed E-state index contributed by atoms with van der Waals surface area (Å²) in [7, 11) is -1.86. The highest BCUT2D eigenvalue weighted by Gasteiger charge is 2.09. The van der Waals surface area contributed by atoms with Crippen LogP contribution in [0.25, 0.3) is 0 Å². The molecule has 0 bridgehead atoms. The second kappa shape index (κ2) is 7.32. The fraction of sp³-hybridized carbons (Fsp3) is 0.500. The van der Waals surface area contributed by atoms with Crippen molar-refractivity contribution < 1.29 is 17.9 Å². The Labute approximate surface area is 114 Å². The molecule has 7 heteroatoms. The zero-order chi connectivity index (χ0) is 14.3. The Morgan fingerprint density at radius 1 is 1.16 bits per heavy atom. The standard InChI is InChI=1S/C12H20N2O4S/c1-10(2)14-19(15,16)13-8-9-18-12-6-4-11(17-3)5-7-12/h4-7,10,13-14H,8-9H2,1-3H3. The van der Waals surface area contributed by atoms with Crippen LogP contribution in [-0.2, 0) is 10.2 Å². The first-order chi connectivity index (χ1) is 8.93. The largest absolute Gasteiger partial charge is 0.497 e. The van der Waals surface area contributed by atoms with Crippen LogP contribution >= 0.6 is 0 Å². The molecule has 0 saturated carbocycles. The quantitative estimate of drug-likeness (QED) is 0.697. The lowest BCUT2D eigenvalue weighted by Crippen LogP contribution is -2.41. The van der Waals surface area contributed by atoms with E-state index >= 15 is 0 Å². The number of hydrogen-bond donors (Lipinski definition) is 2. The highest BCUT2D eigenvalue weighted by Crippen LogP contribution is 2.16. The Morgan fingerprint density at radius 2 is 1.74 bits per heavy atom. The minimum atomic E-state index is -3.45. The van der Waals surface area contributed by atoms with Crippen molar-refractivity contribution in [3.8, 4) is 11.5 Å². The number of nitrogens with one attached hydrogen (secondary N) is 2. The molecule has 0 unspecified atom stereocenters. The van der Waals surface area contributed by atoms with Crippen LogP contribution in [0.15, 0.2) is 24.3 Å². The third-order valence-electron chi connectivity index (χ3n) is 2.11. The van der Waals surface area contributed by atoms with Crippen LogP contribution in [0.5, 0.6) is 11.5 Å². The molecule has 0 aliphatic rings. The highest BCUT2D eigenvalue weighted by atomic mass is 32.2. The van der Waals surface area contributed by atoms with Gasteiger partial charge in [0.15, 0.2) is 0 Å². The van der Waals surface area contributed by atoms with E-state index in [0.29, 0.717) is 5.75 Å². The molecular weight excluding hydrogens is 268 g/mol. The Hall–Kier alpha value is -1.31. The maximum absolute atomic E-state index is 11.4. The van der Waals surface area contributed by atoms with Crippen molar-refractivity contribution in [2.24, 2.45) is 0 Å². The Kier molecular flexibility index (Phi) is 6.07. The Bertz CT molecular complexity index is 471. The van der Waals surface area contributed by atoms with Gasteiger partial charge in [0, 0.05) is 12.6 Å². The van der Waals surface area contributed by atoms with Crippen molar-refractivity contribution in [3.05, 3.63) is 24.3 Å². The van der Waals surface area contributed by atoms with Crippen LogP contribution in [0.1, 0.15) is 13.8 Å². The van der Waals surface area contributed by atoms with Crippen LogP contribution in [0.2, 0.25) is 0 Å². The minimum Gasteiger partial charge on any atom is -0.497 e. The molecule has 0 fully saturated rings. The summed E-state index contributed by atoms with van der Waals surface area (Å²) in [4.78, 5) is 0. The molecule has 19 heavy (non-hydrogen) atoms. The molecule has 0 atom stereocenters. The fourth-order valence-corrected chi connectivity index (χ4v) is 2.42. The van der Waals surface area contributed by atoms with Gasteiger partial charge in [-0.1, -0.05) is 0 Å². The molecule has 2 N–H and O–H groups in total. The molecule has 0 aromatic heterocycles. The Morgan fingerprint density at radius 3 is 2.26 bits per heavy atom. The number of benzene rings is 1. The van der Waals surface area contributed by atoms with Crippen LogP contribution in [0.3, 0.4) is 0 Å². The summed E-state index contributed by atoms with van der Waals surface area (Å²) in [6.07, 6.45) is 0. The molecular formula is C12H20N2O4S. The minimum absolute atomic E-state index is 0.139. The van der Waals surface area contributed by atoms with E-state index in [1.165, 1.54) is 0 Å². The normalized spacial score (nSPS) is 11.6. The highest BCUT2D eigenvalue weighted by molar-refractivity contribution is 7.87. The van der Waals surface area contributed by atoms with Crippen molar-refractivity contribution in [2.45, 2.75) is 19.9 Å². The van der Waals surface area contributed by atoms with E-state index < -0.39 is 10.2 Å². The van der Waals surface area contributed by atoms with Crippen LogP contribution in [0.4, 0.5) is 0 Å². The van der Waals surface area contributed by atoms with Gasteiger partial charge in [0.25, 0.3) is 10.2 Å². The van der Waals surface area contributed by atoms with E-state index in [1.54, 1.807) is 45.2 Å². The summed E-state index contributed by atoms with van der Waals surface area (Å²) in [5.74, 6) is 1.41. The molecule has 6 nitrogen and oxygen atoms in total. The first kappa shape index (κ1) is 15.7. The Balaban J connectivity index is 2.30. The van der Waals surface area contributed by atoms with E-state index in [2.05, 4.69) is 9.44 Å². The number of ether oxygens (including phenoxy) is 2. The third-order valence-corrected chi connectivity index (χ3v) is 3.48. The zero-order valence-corrected chi connectivity index (χ0v) is 12.2. The topological polar surface area (TPSA) is 76.7 Å². The van der Waals surface area contributed by atoms with Crippen molar-refractivity contribution >= 4 is 10.2 Å². The molecule has 0 saturated heterocycles. The van der Waals surface area contributed by atoms with Gasteiger partial charge < -0.3 is 9.47 Å².